The molecule has 0 radical (unpaired) electrons. The maximum atomic E-state index is 5.82. The minimum Gasteiger partial charge on any atom is -0.328 e. The monoisotopic (exact) mass is 252 g/mol. The molecule has 0 spiro atoms. The average Bonchev–Trinajstić information content (AvgIpc) is 2.77. The van der Waals surface area contributed by atoms with Crippen LogP contribution in [0.5, 0.6) is 0 Å². The van der Waals surface area contributed by atoms with E-state index in [-0.39, 0.29) is 0 Å². The highest BCUT2D eigenvalue weighted by Gasteiger charge is 2.34. The van der Waals surface area contributed by atoms with Crippen molar-refractivity contribution in [2.75, 3.05) is 13.1 Å². The number of nitrogens with two attached hydrogens (primary N) is 1. The summed E-state index contributed by atoms with van der Waals surface area (Å²) in [5, 5.41) is 0. The molecular weight excluding hydrogens is 220 g/mol. The van der Waals surface area contributed by atoms with E-state index in [1.54, 1.807) is 0 Å². The molecule has 0 aromatic carbocycles. The van der Waals surface area contributed by atoms with E-state index < -0.39 is 0 Å². The van der Waals surface area contributed by atoms with E-state index in [9.17, 15) is 0 Å². The van der Waals surface area contributed by atoms with Crippen molar-refractivity contribution in [1.29, 1.82) is 0 Å². The van der Waals surface area contributed by atoms with Crippen molar-refractivity contribution in [3.05, 3.63) is 0 Å². The highest BCUT2D eigenvalue weighted by Crippen LogP contribution is 2.37. The van der Waals surface area contributed by atoms with Crippen LogP contribution in [0.1, 0.15) is 65.2 Å². The van der Waals surface area contributed by atoms with Crippen molar-refractivity contribution in [3.63, 3.8) is 0 Å². The van der Waals surface area contributed by atoms with Gasteiger partial charge in [0, 0.05) is 18.6 Å². The van der Waals surface area contributed by atoms with Gasteiger partial charge < -0.3 is 5.73 Å². The predicted molar refractivity (Wildman–Crippen MR) is 78.6 cm³/mol. The summed E-state index contributed by atoms with van der Waals surface area (Å²) in [6.07, 6.45) is 11.2. The lowest BCUT2D eigenvalue weighted by Crippen LogP contribution is -2.44. The second-order valence-corrected chi connectivity index (χ2v) is 6.91. The first-order valence-corrected chi connectivity index (χ1v) is 8.16. The van der Waals surface area contributed by atoms with Crippen LogP contribution in [0.15, 0.2) is 0 Å². The van der Waals surface area contributed by atoms with Gasteiger partial charge in [0.25, 0.3) is 0 Å². The minimum atomic E-state index is 0.381. The first kappa shape index (κ1) is 14.3. The van der Waals surface area contributed by atoms with E-state index in [2.05, 4.69) is 18.7 Å². The number of nitrogens with zero attached hydrogens (tertiary/aromatic N) is 1. The van der Waals surface area contributed by atoms with Crippen LogP contribution in [0.2, 0.25) is 0 Å². The van der Waals surface area contributed by atoms with E-state index in [1.807, 2.05) is 0 Å². The topological polar surface area (TPSA) is 29.3 Å². The Hall–Kier alpha value is -0.0800. The van der Waals surface area contributed by atoms with E-state index in [4.69, 9.17) is 5.73 Å². The van der Waals surface area contributed by atoms with Crippen LogP contribution in [0.25, 0.3) is 0 Å². The van der Waals surface area contributed by atoms with Gasteiger partial charge in [-0.25, -0.2) is 0 Å². The zero-order chi connectivity index (χ0) is 13.0. The minimum absolute atomic E-state index is 0.381. The van der Waals surface area contributed by atoms with Gasteiger partial charge in [0.2, 0.25) is 0 Å². The Kier molecular flexibility index (Phi) is 5.50. The largest absolute Gasteiger partial charge is 0.328 e. The maximum Gasteiger partial charge on any atom is 0.0124 e. The molecule has 0 bridgehead atoms. The van der Waals surface area contributed by atoms with Gasteiger partial charge in [0.05, 0.1) is 0 Å². The molecule has 1 heterocycles. The second-order valence-electron chi connectivity index (χ2n) is 6.91. The Morgan fingerprint density at radius 2 is 1.89 bits per heavy atom. The third-order valence-corrected chi connectivity index (χ3v) is 5.01. The summed E-state index contributed by atoms with van der Waals surface area (Å²) in [7, 11) is 0. The first-order valence-electron chi connectivity index (χ1n) is 8.16. The number of likely N-dealkylation sites (tertiary alicyclic amines) is 1. The van der Waals surface area contributed by atoms with Crippen molar-refractivity contribution < 1.29 is 0 Å². The van der Waals surface area contributed by atoms with Gasteiger partial charge in [-0.1, -0.05) is 19.8 Å². The number of rotatable bonds is 6. The summed E-state index contributed by atoms with van der Waals surface area (Å²) in [6.45, 7) is 7.25. The number of hydrogen-bond donors (Lipinski definition) is 1. The Morgan fingerprint density at radius 1 is 1.11 bits per heavy atom. The van der Waals surface area contributed by atoms with Crippen molar-refractivity contribution >= 4 is 0 Å². The van der Waals surface area contributed by atoms with Crippen molar-refractivity contribution in [3.8, 4) is 0 Å². The molecule has 2 heteroatoms. The first-order chi connectivity index (χ1) is 8.66. The third-order valence-electron chi connectivity index (χ3n) is 5.01. The van der Waals surface area contributed by atoms with Crippen molar-refractivity contribution in [2.24, 2.45) is 17.6 Å². The lowest BCUT2D eigenvalue weighted by molar-refractivity contribution is 0.0953. The zero-order valence-corrected chi connectivity index (χ0v) is 12.4. The smallest absolute Gasteiger partial charge is 0.0124 e. The van der Waals surface area contributed by atoms with E-state index in [0.717, 1.165) is 17.9 Å². The van der Waals surface area contributed by atoms with E-state index in [0.29, 0.717) is 6.04 Å². The summed E-state index contributed by atoms with van der Waals surface area (Å²) in [6, 6.07) is 1.32. The van der Waals surface area contributed by atoms with Gasteiger partial charge in [0.1, 0.15) is 0 Å². The van der Waals surface area contributed by atoms with Crippen LogP contribution < -0.4 is 5.73 Å². The summed E-state index contributed by atoms with van der Waals surface area (Å²) < 4.78 is 0. The van der Waals surface area contributed by atoms with Crippen LogP contribution in [-0.4, -0.2) is 30.1 Å². The molecule has 0 aromatic rings. The van der Waals surface area contributed by atoms with Crippen molar-refractivity contribution in [1.82, 2.24) is 4.90 Å². The van der Waals surface area contributed by atoms with Crippen LogP contribution in [0, 0.1) is 11.8 Å². The molecule has 1 saturated heterocycles. The van der Waals surface area contributed by atoms with Crippen LogP contribution >= 0.6 is 0 Å². The van der Waals surface area contributed by atoms with E-state index in [1.165, 1.54) is 64.5 Å². The summed E-state index contributed by atoms with van der Waals surface area (Å²) in [4.78, 5) is 2.82. The molecule has 0 amide bonds. The van der Waals surface area contributed by atoms with Gasteiger partial charge in [-0.15, -0.1) is 0 Å². The fourth-order valence-electron chi connectivity index (χ4n) is 4.06. The fraction of sp³-hybridized carbons (Fsp3) is 1.00. The van der Waals surface area contributed by atoms with Gasteiger partial charge in [-0.3, -0.25) is 4.90 Å². The lowest BCUT2D eigenvalue weighted by atomic mass is 9.90. The van der Waals surface area contributed by atoms with E-state index >= 15 is 0 Å². The van der Waals surface area contributed by atoms with Crippen LogP contribution in [0.3, 0.4) is 0 Å². The maximum absolute atomic E-state index is 5.82. The molecule has 2 nitrogen and oxygen atoms in total. The van der Waals surface area contributed by atoms with Crippen LogP contribution in [0.4, 0.5) is 0 Å². The Morgan fingerprint density at radius 3 is 2.67 bits per heavy atom. The molecule has 4 unspecified atom stereocenters. The van der Waals surface area contributed by atoms with Crippen molar-refractivity contribution in [2.45, 2.75) is 77.3 Å². The predicted octanol–water partition coefficient (Wildman–Crippen LogP) is 3.40. The standard InChI is InChI=1S/C16H32N2/c1-13(6-3-7-14(2)17)12-18-11-5-9-15-8-4-10-16(15)18/h13-16H,3-12,17H2,1-2H3. The summed E-state index contributed by atoms with van der Waals surface area (Å²) in [5.41, 5.74) is 5.82. The SMILES string of the molecule is CC(N)CCCC(C)CN1CCCC2CCCC21. The molecule has 0 aromatic heterocycles. The molecule has 18 heavy (non-hydrogen) atoms. The molecule has 2 N–H and O–H groups in total. The molecule has 2 fully saturated rings. The number of fused-ring (bicyclic) bond motifs is 1. The summed E-state index contributed by atoms with van der Waals surface area (Å²) >= 11 is 0. The average molecular weight is 252 g/mol. The number of piperidine rings is 1. The fourth-order valence-corrected chi connectivity index (χ4v) is 4.06. The highest BCUT2D eigenvalue weighted by atomic mass is 15.2. The molecular formula is C16H32N2. The normalized spacial score (nSPS) is 32.2. The van der Waals surface area contributed by atoms with Gasteiger partial charge in [-0.05, 0) is 63.8 Å². The Bertz CT molecular complexity index is 239. The zero-order valence-electron chi connectivity index (χ0n) is 12.4. The molecule has 1 aliphatic heterocycles. The van der Waals surface area contributed by atoms with Gasteiger partial charge in [0.15, 0.2) is 0 Å². The van der Waals surface area contributed by atoms with Gasteiger partial charge >= 0.3 is 0 Å². The highest BCUT2D eigenvalue weighted by molar-refractivity contribution is 4.89. The molecule has 1 aliphatic carbocycles. The summed E-state index contributed by atoms with van der Waals surface area (Å²) in [5.74, 6) is 1.89. The molecule has 1 saturated carbocycles. The molecule has 2 aliphatic rings. The van der Waals surface area contributed by atoms with Gasteiger partial charge in [-0.2, -0.15) is 0 Å². The molecule has 2 rings (SSSR count). The molecule has 4 atom stereocenters. The van der Waals surface area contributed by atoms with Crippen LogP contribution in [-0.2, 0) is 0 Å². The third kappa shape index (κ3) is 3.96. The molecule has 106 valence electrons. The second kappa shape index (κ2) is 6.91. The number of hydrogen-bond acceptors (Lipinski definition) is 2. The Balaban J connectivity index is 1.70. The Labute approximate surface area is 113 Å². The lowest BCUT2D eigenvalue weighted by Gasteiger charge is -2.39. The quantitative estimate of drug-likeness (QED) is 0.785.